The Kier molecular flexibility index (Phi) is 12.9. The number of aromatic carboxylic acids is 1. The van der Waals surface area contributed by atoms with E-state index in [1.807, 2.05) is 6.21 Å². The van der Waals surface area contributed by atoms with Crippen LogP contribution in [0.4, 0.5) is 4.79 Å². The van der Waals surface area contributed by atoms with Crippen LogP contribution in [0.5, 0.6) is 0 Å². The van der Waals surface area contributed by atoms with Crippen LogP contribution in [0.1, 0.15) is 54.6 Å². The van der Waals surface area contributed by atoms with Crippen LogP contribution in [0.3, 0.4) is 0 Å². The van der Waals surface area contributed by atoms with Gasteiger partial charge in [0, 0.05) is 23.4 Å². The maximum absolute atomic E-state index is 10.1. The number of nitrogens with zero attached hydrogens (tertiary/aromatic N) is 1. The molecule has 1 amide bonds. The Labute approximate surface area is 209 Å². The minimum Gasteiger partial charge on any atom is -0.545 e. The fourth-order valence-electron chi connectivity index (χ4n) is 3.01. The molecule has 8 heteroatoms. The van der Waals surface area contributed by atoms with Crippen molar-refractivity contribution in [1.82, 2.24) is 11.5 Å². The summed E-state index contributed by atoms with van der Waals surface area (Å²) in [5, 5.41) is 22.1. The van der Waals surface area contributed by atoms with Crippen molar-refractivity contribution in [3.05, 3.63) is 95.2 Å². The van der Waals surface area contributed by atoms with E-state index in [0.29, 0.717) is 5.92 Å². The van der Waals surface area contributed by atoms with Crippen molar-refractivity contribution in [2.45, 2.75) is 38.6 Å². The molecule has 7 nitrogen and oxygen atoms in total. The third-order valence-electron chi connectivity index (χ3n) is 4.34. The van der Waals surface area contributed by atoms with Crippen LogP contribution in [0.25, 0.3) is 0 Å². The van der Waals surface area contributed by atoms with Gasteiger partial charge in [-0.2, -0.15) is 0 Å². The van der Waals surface area contributed by atoms with Gasteiger partial charge < -0.3 is 31.3 Å². The van der Waals surface area contributed by atoms with Gasteiger partial charge in [-0.15, -0.1) is 0 Å². The number of carboxylic acids is 1. The summed E-state index contributed by atoms with van der Waals surface area (Å²) in [7, 11) is 0. The Hall–Kier alpha value is -3.02. The first-order chi connectivity index (χ1) is 14.7. The largest absolute Gasteiger partial charge is 2.00 e. The number of fused-ring (bicyclic) bond motifs is 3. The van der Waals surface area contributed by atoms with Crippen LogP contribution in [0.2, 0.25) is 0 Å². The number of carbonyl (C=O) groups is 2. The molecular weight excluding hydrogens is 601 g/mol. The summed E-state index contributed by atoms with van der Waals surface area (Å²) in [6.45, 7) is 5.26. The van der Waals surface area contributed by atoms with Gasteiger partial charge in [-0.1, -0.05) is 66.7 Å². The molecule has 1 heterocycles. The number of amides is 1. The molecular formula is C25H29N3O4Pt. The van der Waals surface area contributed by atoms with Crippen molar-refractivity contribution in [2.75, 3.05) is 0 Å². The second kappa shape index (κ2) is 14.2. The zero-order chi connectivity index (χ0) is 22.9. The minimum absolute atomic E-state index is 0. The molecule has 4 N–H and O–H groups in total. The first kappa shape index (κ1) is 30.0. The van der Waals surface area contributed by atoms with E-state index in [0.717, 1.165) is 6.42 Å². The minimum atomic E-state index is -1.22. The third-order valence-corrected chi connectivity index (χ3v) is 4.34. The molecule has 1 unspecified atom stereocenters. The quantitative estimate of drug-likeness (QED) is 0.499. The number of nitrogens with one attached hydrogen (secondary N) is 1. The van der Waals surface area contributed by atoms with Gasteiger partial charge in [0.15, 0.2) is 0 Å². The topological polar surface area (TPSA) is 140 Å². The molecule has 2 aromatic rings. The molecule has 0 fully saturated rings. The van der Waals surface area contributed by atoms with Gasteiger partial charge in [0.25, 0.3) is 0 Å². The molecule has 0 saturated heterocycles. The van der Waals surface area contributed by atoms with Crippen LogP contribution in [-0.2, 0) is 21.1 Å². The third kappa shape index (κ3) is 10.4. The second-order valence-electron chi connectivity index (χ2n) is 8.01. The Bertz CT molecular complexity index is 996. The molecule has 0 spiro atoms. The smallest absolute Gasteiger partial charge is 0.545 e. The van der Waals surface area contributed by atoms with Gasteiger partial charge in [0.2, 0.25) is 0 Å². The maximum atomic E-state index is 10.1. The van der Waals surface area contributed by atoms with E-state index < -0.39 is 17.6 Å². The van der Waals surface area contributed by atoms with Gasteiger partial charge in [-0.05, 0) is 50.0 Å². The van der Waals surface area contributed by atoms with E-state index >= 15 is 0 Å². The average Bonchev–Trinajstić information content (AvgIpc) is 2.73. The van der Waals surface area contributed by atoms with Crippen molar-refractivity contribution in [3.8, 4) is 0 Å². The molecule has 0 saturated carbocycles. The molecule has 1 aliphatic carbocycles. The fourth-order valence-corrected chi connectivity index (χ4v) is 3.01. The summed E-state index contributed by atoms with van der Waals surface area (Å²) in [6.07, 6.45) is 8.25. The summed E-state index contributed by atoms with van der Waals surface area (Å²) in [4.78, 5) is 24.4. The molecule has 0 aromatic heterocycles. The Balaban J connectivity index is 0.000000479. The van der Waals surface area contributed by atoms with E-state index in [-0.39, 0.29) is 32.8 Å². The predicted molar refractivity (Wildman–Crippen MR) is 123 cm³/mol. The van der Waals surface area contributed by atoms with Crippen molar-refractivity contribution < 1.29 is 40.9 Å². The average molecular weight is 631 g/mol. The zero-order valence-corrected chi connectivity index (χ0v) is 21.2. The number of aliphatic imine (C=N–C) groups is 1. The Morgan fingerprint density at radius 1 is 1.00 bits per heavy atom. The van der Waals surface area contributed by atoms with E-state index in [9.17, 15) is 19.8 Å². The van der Waals surface area contributed by atoms with Crippen LogP contribution in [0.15, 0.2) is 83.5 Å². The van der Waals surface area contributed by atoms with Crippen LogP contribution < -0.4 is 21.7 Å². The van der Waals surface area contributed by atoms with Gasteiger partial charge in [-0.3, -0.25) is 4.99 Å². The number of hydrogen-bond donors (Lipinski definition) is 2. The van der Waals surface area contributed by atoms with E-state index in [1.165, 1.54) is 29.0 Å². The van der Waals surface area contributed by atoms with E-state index in [1.54, 1.807) is 39.0 Å². The fraction of sp³-hybridized carbons (Fsp3) is 0.240. The molecule has 1 atom stereocenters. The van der Waals surface area contributed by atoms with Gasteiger partial charge in [0.1, 0.15) is 6.09 Å². The van der Waals surface area contributed by atoms with Gasteiger partial charge in [-0.25, -0.2) is 0 Å². The predicted octanol–water partition coefficient (Wildman–Crippen LogP) is 2.97. The number of carbonyl (C=O) groups excluding carboxylic acids is 2. The maximum Gasteiger partial charge on any atom is 2.00 e. The first-order valence-corrected chi connectivity index (χ1v) is 9.92. The number of allylic oxidation sites excluding steroid dienone is 4. The normalized spacial score (nSPS) is 14.6. The monoisotopic (exact) mass is 630 g/mol. The van der Waals surface area contributed by atoms with Crippen molar-refractivity contribution >= 4 is 18.3 Å². The summed E-state index contributed by atoms with van der Waals surface area (Å²) in [5.74, 6) is -0.642. The molecule has 4 rings (SSSR count). The van der Waals surface area contributed by atoms with Crippen molar-refractivity contribution in [3.63, 3.8) is 0 Å². The summed E-state index contributed by atoms with van der Waals surface area (Å²) >= 11 is 0. The summed E-state index contributed by atoms with van der Waals surface area (Å²) in [5.41, 5.74) is 3.71. The number of rotatable bonds is 1. The Morgan fingerprint density at radius 3 is 2.12 bits per heavy atom. The van der Waals surface area contributed by atoms with E-state index in [2.05, 4.69) is 52.8 Å². The number of benzene rings is 2. The summed E-state index contributed by atoms with van der Waals surface area (Å²) < 4.78 is 0. The molecule has 2 aliphatic rings. The molecule has 1 aliphatic heterocycles. The van der Waals surface area contributed by atoms with Crippen LogP contribution >= 0.6 is 0 Å². The standard InChI is InChI=1S/C13H11N.C7H6O2.C5H11NO2.H3N.Pt/c1-2-6-11-10(5-1)9-14-13-8-4-3-7-12(11)13;8-7(9)6-4-2-1-3-5-6;1-5(2,3)6-4(7)8;;/h1-6,8-9,12H,7H2;1-5H,(H,8,9);6H,1-3H3,(H,7,8);1H3;/q;;;;+2/p-2. The van der Waals surface area contributed by atoms with Gasteiger partial charge >= 0.3 is 21.1 Å². The first-order valence-electron chi connectivity index (χ1n) is 9.92. The molecule has 0 radical (unpaired) electrons. The number of carboxylic acid groups (broad SMARTS) is 2. The zero-order valence-electron chi connectivity index (χ0n) is 18.9. The van der Waals surface area contributed by atoms with Gasteiger partial charge in [0.05, 0.1) is 5.97 Å². The summed E-state index contributed by atoms with van der Waals surface area (Å²) in [6, 6.07) is 16.6. The molecule has 178 valence electrons. The Morgan fingerprint density at radius 2 is 1.61 bits per heavy atom. The SMILES string of the molecule is C1=CCC2C(=C1)N=Cc1ccccc12.CC(C)(C)NC(=O)[O-].N.O=C([O-])c1ccccc1.[Pt+2]. The van der Waals surface area contributed by atoms with E-state index in [4.69, 9.17) is 0 Å². The molecule has 0 bridgehead atoms. The van der Waals surface area contributed by atoms with Crippen LogP contribution in [0, 0.1) is 0 Å². The number of hydrogen-bond acceptors (Lipinski definition) is 6. The van der Waals surface area contributed by atoms with Crippen molar-refractivity contribution in [1.29, 1.82) is 0 Å². The molecule has 2 aromatic carbocycles. The second-order valence-corrected chi connectivity index (χ2v) is 8.01. The van der Waals surface area contributed by atoms with Crippen LogP contribution in [-0.4, -0.2) is 23.8 Å². The molecule has 33 heavy (non-hydrogen) atoms. The van der Waals surface area contributed by atoms with Crippen molar-refractivity contribution in [2.24, 2.45) is 4.99 Å².